The van der Waals surface area contributed by atoms with E-state index in [9.17, 15) is 6.17 Å². The third-order valence-electron chi connectivity index (χ3n) is 2.84. The molecule has 0 heterocycles. The van der Waals surface area contributed by atoms with E-state index in [0.717, 1.165) is 0 Å². The van der Waals surface area contributed by atoms with Gasteiger partial charge in [-0.3, -0.25) is 4.90 Å². The Labute approximate surface area is 195 Å². The van der Waals surface area contributed by atoms with E-state index < -0.39 is 125 Å². The van der Waals surface area contributed by atoms with Crippen LogP contribution in [0.3, 0.4) is 0 Å². The number of hydrogen-bond donors (Lipinski definition) is 1. The molecule has 4 nitrogen and oxygen atoms in total. The summed E-state index contributed by atoms with van der Waals surface area (Å²) >= 11 is 0. The molecule has 1 aromatic rings. The Balaban J connectivity index is 3.13. The molecule has 0 amide bonds. The van der Waals surface area contributed by atoms with Gasteiger partial charge in [-0.25, -0.2) is 4.79 Å². The Bertz CT molecular complexity index is 1590. The van der Waals surface area contributed by atoms with E-state index in [1.54, 1.807) is 0 Å². The molecule has 0 aromatic heterocycles. The predicted octanol–water partition coefficient (Wildman–Crippen LogP) is 3.34. The third kappa shape index (κ3) is 5.09. The van der Waals surface area contributed by atoms with Gasteiger partial charge in [0.2, 0.25) is 1.43 Å². The molecule has 1 unspecified atom stereocenters. The second kappa shape index (κ2) is 10.4. The van der Waals surface area contributed by atoms with Gasteiger partial charge < -0.3 is 9.85 Å². The summed E-state index contributed by atoms with van der Waals surface area (Å²) < 4.78 is 223. The zero-order valence-corrected chi connectivity index (χ0v) is 13.1. The number of rotatable bonds is 8. The van der Waals surface area contributed by atoms with Gasteiger partial charge in [-0.05, 0) is 31.4 Å². The Morgan fingerprint density at radius 1 is 1.42 bits per heavy atom. The molecule has 1 saturated carbocycles. The monoisotopic (exact) mass is 384 g/mol. The molecule has 0 bridgehead atoms. The number of carbonyl (C=O) groups excluding carboxylic acids is 1. The van der Waals surface area contributed by atoms with Gasteiger partial charge in [0.25, 0.3) is 0 Å². The van der Waals surface area contributed by atoms with Crippen molar-refractivity contribution in [3.63, 3.8) is 0 Å². The third-order valence-corrected chi connectivity index (χ3v) is 2.84. The van der Waals surface area contributed by atoms with Crippen molar-refractivity contribution in [3.05, 3.63) is 35.8 Å². The van der Waals surface area contributed by atoms with E-state index in [4.69, 9.17) is 35.7 Å². The van der Waals surface area contributed by atoms with Crippen LogP contribution in [0.4, 0.5) is 0 Å². The Kier molecular flexibility index (Phi) is 1.90. The van der Waals surface area contributed by atoms with E-state index in [1.807, 2.05) is 0 Å². The van der Waals surface area contributed by atoms with Gasteiger partial charge >= 0.3 is 5.97 Å². The number of esters is 1. The molecule has 2 rings (SSSR count). The molecule has 1 aliphatic carbocycles. The average molecular weight is 385 g/mol. The fraction of sp³-hybridized carbons (Fsp3) is 0.591. The number of carbonyl (C=O) groups is 1. The molecule has 1 aromatic carbocycles. The minimum Gasteiger partial charge on any atom is -0.450 e. The fourth-order valence-corrected chi connectivity index (χ4v) is 1.59. The minimum absolute atomic E-state index is 0.143. The van der Waals surface area contributed by atoms with Gasteiger partial charge in [-0.15, -0.1) is 0 Å². The molecule has 1 N–H and O–H groups in total. The highest BCUT2D eigenvalue weighted by atomic mass is 16.5. The second-order valence-corrected chi connectivity index (χ2v) is 4.39. The summed E-state index contributed by atoms with van der Waals surface area (Å²) in [5.41, 5.74) is -6.63. The van der Waals surface area contributed by atoms with Crippen LogP contribution in [0.2, 0.25) is 0 Å². The second-order valence-electron chi connectivity index (χ2n) is 4.39. The summed E-state index contributed by atoms with van der Waals surface area (Å²) in [6.07, 6.45) is -22.5. The lowest BCUT2D eigenvalue weighted by atomic mass is 9.73. The average Bonchev–Trinajstić information content (AvgIpc) is 2.96. The van der Waals surface area contributed by atoms with Crippen LogP contribution in [-0.4, -0.2) is 43.6 Å². The van der Waals surface area contributed by atoms with E-state index in [2.05, 4.69) is 9.85 Å². The smallest absolute Gasteiger partial charge is 0.344 e. The summed E-state index contributed by atoms with van der Waals surface area (Å²) in [4.78, 5) is 14.4. The van der Waals surface area contributed by atoms with Crippen molar-refractivity contribution in [2.45, 2.75) is 51.2 Å². The molecule has 1 atom stereocenters. The number of hydrogen-bond acceptors (Lipinski definition) is 4. The zero-order valence-electron chi connectivity index (χ0n) is 40.1. The maximum atomic E-state index is 14.3. The van der Waals surface area contributed by atoms with Crippen LogP contribution in [0.5, 0.6) is 0 Å². The number of benzene rings is 1. The topological polar surface area (TPSA) is 49.8 Å². The number of ether oxygens (including phenoxy) is 1. The van der Waals surface area contributed by atoms with E-state index in [1.165, 1.54) is 11.8 Å². The van der Waals surface area contributed by atoms with Gasteiger partial charge in [0, 0.05) is 29.2 Å². The molecule has 0 radical (unpaired) electrons. The Hall–Kier alpha value is -1.83. The van der Waals surface area contributed by atoms with Crippen molar-refractivity contribution in [2.75, 3.05) is 26.1 Å². The highest BCUT2D eigenvalue weighted by Crippen LogP contribution is 2.40. The first-order valence-corrected chi connectivity index (χ1v) is 6.88. The van der Waals surface area contributed by atoms with E-state index in [-0.39, 0.29) is 4.90 Å². The van der Waals surface area contributed by atoms with Crippen molar-refractivity contribution in [3.8, 4) is 11.8 Å². The molecule has 4 heteroatoms. The molecular formula is C22H31NO3. The van der Waals surface area contributed by atoms with Crippen LogP contribution in [0.1, 0.15) is 86.8 Å². The lowest BCUT2D eigenvalue weighted by Gasteiger charge is -2.36. The van der Waals surface area contributed by atoms with Crippen LogP contribution in [0.15, 0.2) is 30.2 Å². The lowest BCUT2D eigenvalue weighted by molar-refractivity contribution is -0.174. The van der Waals surface area contributed by atoms with Crippen molar-refractivity contribution in [1.29, 1.82) is 1.43 Å². The molecule has 142 valence electrons. The van der Waals surface area contributed by atoms with Gasteiger partial charge in [-0.2, -0.15) is 0 Å². The minimum atomic E-state index is -4.88. The van der Waals surface area contributed by atoms with Crippen molar-refractivity contribution >= 4 is 5.97 Å². The Morgan fingerprint density at radius 3 is 2.81 bits per heavy atom. The first-order chi connectivity index (χ1) is 23.1. The van der Waals surface area contributed by atoms with Crippen molar-refractivity contribution < 1.29 is 50.3 Å². The summed E-state index contributed by atoms with van der Waals surface area (Å²) in [5, 5.41) is 4.37. The van der Waals surface area contributed by atoms with Crippen LogP contribution < -0.4 is 0 Å². The van der Waals surface area contributed by atoms with Crippen LogP contribution in [-0.2, 0) is 15.1 Å². The molecule has 0 saturated heterocycles. The Morgan fingerprint density at radius 2 is 2.15 bits per heavy atom. The largest absolute Gasteiger partial charge is 0.450 e. The highest BCUT2D eigenvalue weighted by Gasteiger charge is 2.46. The molecular weight excluding hydrogens is 326 g/mol. The lowest BCUT2D eigenvalue weighted by Crippen LogP contribution is -2.45. The first kappa shape index (κ1) is 4.77. The quantitative estimate of drug-likeness (QED) is 0.552. The SMILES string of the molecule is [2H]OC(C(=O)OC([2H])([2H])C#CC([2H])([2H])N(CC([2H])([2H])[2H])CC([2H])([2H])[2H])(c1c([2H])c([2H])c([2H])c([2H])c1[2H])C1([2H])C([2H])([2H])C([2H])([2H])C([2H])([2H])C([2H])([2H])C1([2H])[2H]. The summed E-state index contributed by atoms with van der Waals surface area (Å²) in [7, 11) is 0. The van der Waals surface area contributed by atoms with E-state index >= 15 is 0 Å². The molecule has 1 fully saturated rings. The number of aliphatic hydroxyl groups is 1. The predicted molar refractivity (Wildman–Crippen MR) is 103 cm³/mol. The summed E-state index contributed by atoms with van der Waals surface area (Å²) in [6, 6.07) is -7.54. The van der Waals surface area contributed by atoms with Crippen LogP contribution >= 0.6 is 0 Å². The first-order valence-electron chi connectivity index (χ1n) is 20.3. The van der Waals surface area contributed by atoms with Crippen LogP contribution in [0, 0.1) is 17.7 Å². The van der Waals surface area contributed by atoms with Gasteiger partial charge in [-0.1, -0.05) is 74.9 Å². The van der Waals surface area contributed by atoms with E-state index in [0.29, 0.717) is 0 Å². The maximum absolute atomic E-state index is 14.3. The molecule has 26 heavy (non-hydrogen) atoms. The molecule has 1 aliphatic rings. The van der Waals surface area contributed by atoms with Crippen molar-refractivity contribution in [1.82, 2.24) is 4.90 Å². The highest BCUT2D eigenvalue weighted by molar-refractivity contribution is 5.81. The van der Waals surface area contributed by atoms with Gasteiger partial charge in [0.05, 0.1) is 18.8 Å². The number of nitrogens with zero attached hydrogens (tertiary/aromatic N) is 1. The standard InChI is InChI=1S/C22H31NO3/c1-3-23(4-2)17-11-12-18-26-21(24)22(25,19-13-7-5-8-14-19)20-15-9-6-10-16-20/h5,7-8,13-14,20,25H,3-4,6,9-10,15-18H2,1-2H3/i1D3,2D3,5D,6D2,7D,8D,9D2,10D2,13D,14D,15D2,16D2,17D2,18D2,20D,25D. The molecule has 0 spiro atoms. The van der Waals surface area contributed by atoms with Gasteiger partial charge in [0.1, 0.15) is 0 Å². The zero-order chi connectivity index (χ0) is 42.4. The van der Waals surface area contributed by atoms with Gasteiger partial charge in [0.15, 0.2) is 12.2 Å². The van der Waals surface area contributed by atoms with Crippen molar-refractivity contribution in [2.24, 2.45) is 5.89 Å². The summed E-state index contributed by atoms with van der Waals surface area (Å²) in [6.45, 7) is -16.1. The maximum Gasteiger partial charge on any atom is 0.344 e. The normalized spacial score (nSPS) is 45.3. The van der Waals surface area contributed by atoms with Crippen LogP contribution in [0.25, 0.3) is 0 Å². The fourth-order valence-electron chi connectivity index (χ4n) is 1.59. The summed E-state index contributed by atoms with van der Waals surface area (Å²) in [5.74, 6) is -4.82. The molecule has 0 aliphatic heterocycles.